The highest BCUT2D eigenvalue weighted by atomic mass is 127. The van der Waals surface area contributed by atoms with Crippen LogP contribution in [0.2, 0.25) is 0 Å². The molecular formula is C25H36IN3O3. The Balaban J connectivity index is 0.00000363. The number of halogens is 1. The molecule has 3 rings (SSSR count). The van der Waals surface area contributed by atoms with Gasteiger partial charge >= 0.3 is 0 Å². The second kappa shape index (κ2) is 14.3. The van der Waals surface area contributed by atoms with Crippen molar-refractivity contribution in [2.75, 3.05) is 40.5 Å². The summed E-state index contributed by atoms with van der Waals surface area (Å²) < 4.78 is 17.2. The van der Waals surface area contributed by atoms with Gasteiger partial charge in [-0.3, -0.25) is 4.99 Å². The Morgan fingerprint density at radius 3 is 2.38 bits per heavy atom. The molecule has 1 N–H and O–H groups in total. The number of guanidine groups is 1. The normalized spacial score (nSPS) is 14.5. The smallest absolute Gasteiger partial charge is 0.193 e. The van der Waals surface area contributed by atoms with Crippen LogP contribution in [0.5, 0.6) is 5.75 Å². The van der Waals surface area contributed by atoms with Crippen LogP contribution < -0.4 is 10.1 Å². The minimum Gasteiger partial charge on any atom is -0.492 e. The van der Waals surface area contributed by atoms with Crippen molar-refractivity contribution in [3.05, 3.63) is 65.2 Å². The summed E-state index contributed by atoms with van der Waals surface area (Å²) in [5.41, 5.74) is 3.64. The van der Waals surface area contributed by atoms with E-state index in [1.54, 1.807) is 7.05 Å². The van der Waals surface area contributed by atoms with Crippen molar-refractivity contribution >= 4 is 29.9 Å². The SMILES string of the molecule is CN=C(NCc1ccc(COC2CCOCC2)cc1)N(C)CCOc1ccc(C)cc1.I. The zero-order chi connectivity index (χ0) is 21.9. The fourth-order valence-electron chi connectivity index (χ4n) is 3.42. The van der Waals surface area contributed by atoms with Crippen molar-refractivity contribution < 1.29 is 14.2 Å². The summed E-state index contributed by atoms with van der Waals surface area (Å²) in [4.78, 5) is 6.46. The summed E-state index contributed by atoms with van der Waals surface area (Å²) in [6.07, 6.45) is 2.30. The van der Waals surface area contributed by atoms with Gasteiger partial charge in [0.05, 0.1) is 19.3 Å². The molecule has 0 bridgehead atoms. The van der Waals surface area contributed by atoms with Crippen LogP contribution in [0.4, 0.5) is 0 Å². The van der Waals surface area contributed by atoms with E-state index in [1.165, 1.54) is 16.7 Å². The second-order valence-electron chi connectivity index (χ2n) is 7.92. The third-order valence-corrected chi connectivity index (χ3v) is 5.42. The molecule has 0 amide bonds. The lowest BCUT2D eigenvalue weighted by atomic mass is 10.1. The number of likely N-dealkylation sites (N-methyl/N-ethyl adjacent to an activating group) is 1. The standard InChI is InChI=1S/C25H35N3O3.HI/c1-20-4-10-23(11-5-20)30-17-14-28(3)25(26-2)27-18-21-6-8-22(9-7-21)19-31-24-12-15-29-16-13-24;/h4-11,24H,12-19H2,1-3H3,(H,26,27);1H. The lowest BCUT2D eigenvalue weighted by Gasteiger charge is -2.23. The van der Waals surface area contributed by atoms with E-state index in [4.69, 9.17) is 14.2 Å². The molecule has 1 fully saturated rings. The number of hydrogen-bond donors (Lipinski definition) is 1. The molecule has 2 aromatic rings. The number of nitrogens with one attached hydrogen (secondary N) is 1. The molecule has 176 valence electrons. The van der Waals surface area contributed by atoms with Crippen molar-refractivity contribution in [2.45, 2.75) is 39.0 Å². The number of nitrogens with zero attached hydrogens (tertiary/aromatic N) is 2. The summed E-state index contributed by atoms with van der Waals surface area (Å²) >= 11 is 0. The van der Waals surface area contributed by atoms with Crippen molar-refractivity contribution in [3.8, 4) is 5.75 Å². The fraction of sp³-hybridized carbons (Fsp3) is 0.480. The lowest BCUT2D eigenvalue weighted by Crippen LogP contribution is -2.40. The molecule has 1 heterocycles. The van der Waals surface area contributed by atoms with Gasteiger partial charge < -0.3 is 24.4 Å². The second-order valence-corrected chi connectivity index (χ2v) is 7.92. The molecule has 0 spiro atoms. The summed E-state index contributed by atoms with van der Waals surface area (Å²) in [6, 6.07) is 16.7. The molecule has 32 heavy (non-hydrogen) atoms. The van der Waals surface area contributed by atoms with Gasteiger partial charge in [0.1, 0.15) is 12.4 Å². The van der Waals surface area contributed by atoms with Gasteiger partial charge in [0.2, 0.25) is 0 Å². The molecule has 1 aliphatic heterocycles. The Labute approximate surface area is 209 Å². The maximum absolute atomic E-state index is 6.00. The fourth-order valence-corrected chi connectivity index (χ4v) is 3.42. The van der Waals surface area contributed by atoms with E-state index < -0.39 is 0 Å². The van der Waals surface area contributed by atoms with Crippen LogP contribution in [0.15, 0.2) is 53.5 Å². The number of hydrogen-bond acceptors (Lipinski definition) is 4. The largest absolute Gasteiger partial charge is 0.492 e. The Hall–Kier alpha value is -1.84. The third kappa shape index (κ3) is 8.96. The molecule has 1 aliphatic rings. The van der Waals surface area contributed by atoms with Gasteiger partial charge in [-0.2, -0.15) is 0 Å². The molecule has 0 unspecified atom stereocenters. The summed E-state index contributed by atoms with van der Waals surface area (Å²) in [7, 11) is 3.82. The van der Waals surface area contributed by atoms with Gasteiger partial charge in [-0.15, -0.1) is 24.0 Å². The van der Waals surface area contributed by atoms with Crippen molar-refractivity contribution in [1.29, 1.82) is 0 Å². The van der Waals surface area contributed by atoms with E-state index in [-0.39, 0.29) is 24.0 Å². The van der Waals surface area contributed by atoms with Gasteiger partial charge in [0.25, 0.3) is 0 Å². The van der Waals surface area contributed by atoms with E-state index in [0.29, 0.717) is 19.3 Å². The third-order valence-electron chi connectivity index (χ3n) is 5.42. The molecule has 2 aromatic carbocycles. The van der Waals surface area contributed by atoms with E-state index in [0.717, 1.165) is 50.9 Å². The first kappa shape index (κ1) is 26.4. The van der Waals surface area contributed by atoms with Crippen LogP contribution in [-0.2, 0) is 22.6 Å². The van der Waals surface area contributed by atoms with E-state index in [1.807, 2.05) is 19.2 Å². The molecule has 6 nitrogen and oxygen atoms in total. The van der Waals surface area contributed by atoms with Crippen molar-refractivity contribution in [3.63, 3.8) is 0 Å². The van der Waals surface area contributed by atoms with Gasteiger partial charge in [-0.25, -0.2) is 0 Å². The highest BCUT2D eigenvalue weighted by Crippen LogP contribution is 2.14. The number of ether oxygens (including phenoxy) is 3. The van der Waals surface area contributed by atoms with Gasteiger partial charge in [-0.1, -0.05) is 42.0 Å². The number of aliphatic imine (C=N–C) groups is 1. The number of aryl methyl sites for hydroxylation is 1. The number of rotatable bonds is 9. The molecular weight excluding hydrogens is 517 g/mol. The maximum atomic E-state index is 6.00. The topological polar surface area (TPSA) is 55.3 Å². The summed E-state index contributed by atoms with van der Waals surface area (Å²) in [5, 5.41) is 3.42. The highest BCUT2D eigenvalue weighted by Gasteiger charge is 2.14. The first-order valence-corrected chi connectivity index (χ1v) is 11.0. The predicted octanol–water partition coefficient (Wildman–Crippen LogP) is 4.39. The average molecular weight is 553 g/mol. The zero-order valence-electron chi connectivity index (χ0n) is 19.4. The quantitative estimate of drug-likeness (QED) is 0.284. The first-order chi connectivity index (χ1) is 15.1. The van der Waals surface area contributed by atoms with Crippen molar-refractivity contribution in [2.24, 2.45) is 4.99 Å². The van der Waals surface area contributed by atoms with Crippen LogP contribution in [0.25, 0.3) is 0 Å². The minimum atomic E-state index is 0. The van der Waals surface area contributed by atoms with Crippen LogP contribution >= 0.6 is 24.0 Å². The molecule has 0 aromatic heterocycles. The monoisotopic (exact) mass is 553 g/mol. The van der Waals surface area contributed by atoms with Gasteiger partial charge in [-0.05, 0) is 43.0 Å². The molecule has 7 heteroatoms. The molecule has 0 radical (unpaired) electrons. The predicted molar refractivity (Wildman–Crippen MR) is 140 cm³/mol. The molecule has 0 saturated carbocycles. The van der Waals surface area contributed by atoms with Crippen LogP contribution in [-0.4, -0.2) is 57.4 Å². The molecule has 1 saturated heterocycles. The lowest BCUT2D eigenvalue weighted by molar-refractivity contribution is -0.0390. The Morgan fingerprint density at radius 2 is 1.72 bits per heavy atom. The van der Waals surface area contributed by atoms with E-state index in [9.17, 15) is 0 Å². The average Bonchev–Trinajstić information content (AvgIpc) is 2.81. The molecule has 0 atom stereocenters. The zero-order valence-corrected chi connectivity index (χ0v) is 21.7. The Morgan fingerprint density at radius 1 is 1.06 bits per heavy atom. The first-order valence-electron chi connectivity index (χ1n) is 11.0. The summed E-state index contributed by atoms with van der Waals surface area (Å²) in [6.45, 7) is 6.41. The number of benzene rings is 2. The van der Waals surface area contributed by atoms with E-state index >= 15 is 0 Å². The Bertz CT molecular complexity index is 806. The molecule has 0 aliphatic carbocycles. The Kier molecular flexibility index (Phi) is 11.8. The minimum absolute atomic E-state index is 0. The van der Waals surface area contributed by atoms with Crippen LogP contribution in [0, 0.1) is 6.92 Å². The van der Waals surface area contributed by atoms with E-state index in [2.05, 4.69) is 58.5 Å². The van der Waals surface area contributed by atoms with Crippen LogP contribution in [0.1, 0.15) is 29.5 Å². The summed E-state index contributed by atoms with van der Waals surface area (Å²) in [5.74, 6) is 1.74. The van der Waals surface area contributed by atoms with Crippen LogP contribution in [0.3, 0.4) is 0 Å². The van der Waals surface area contributed by atoms with Gasteiger partial charge in [0, 0.05) is 33.9 Å². The highest BCUT2D eigenvalue weighted by molar-refractivity contribution is 14.0. The maximum Gasteiger partial charge on any atom is 0.193 e. The van der Waals surface area contributed by atoms with Crippen molar-refractivity contribution in [1.82, 2.24) is 10.2 Å². The van der Waals surface area contributed by atoms with Gasteiger partial charge in [0.15, 0.2) is 5.96 Å².